The van der Waals surface area contributed by atoms with E-state index in [9.17, 15) is 8.42 Å². The lowest BCUT2D eigenvalue weighted by Gasteiger charge is -2.18. The van der Waals surface area contributed by atoms with Crippen molar-refractivity contribution in [3.63, 3.8) is 0 Å². The summed E-state index contributed by atoms with van der Waals surface area (Å²) in [5.41, 5.74) is 5.70. The van der Waals surface area contributed by atoms with Gasteiger partial charge in [-0.3, -0.25) is 9.45 Å². The summed E-state index contributed by atoms with van der Waals surface area (Å²) in [5.74, 6) is -0.0427. The zero-order valence-corrected chi connectivity index (χ0v) is 13.6. The van der Waals surface area contributed by atoms with Gasteiger partial charge in [0.05, 0.1) is 0 Å². The van der Waals surface area contributed by atoms with Crippen LogP contribution in [0.4, 0.5) is 17.8 Å². The van der Waals surface area contributed by atoms with Crippen LogP contribution in [0.1, 0.15) is 0 Å². The topological polar surface area (TPSA) is 156 Å². The van der Waals surface area contributed by atoms with Gasteiger partial charge in [0.25, 0.3) is 0 Å². The van der Waals surface area contributed by atoms with Crippen molar-refractivity contribution >= 4 is 28.2 Å². The Morgan fingerprint density at radius 3 is 2.22 bits per heavy atom. The smallest absolute Gasteiger partial charge is 0.472 e. The Morgan fingerprint density at radius 1 is 1.30 bits per heavy atom. The molecule has 1 heterocycles. The van der Waals surface area contributed by atoms with E-state index in [1.807, 2.05) is 0 Å². The summed E-state index contributed by atoms with van der Waals surface area (Å²) >= 11 is 0. The van der Waals surface area contributed by atoms with Crippen molar-refractivity contribution in [2.45, 2.75) is 0 Å². The predicted octanol–water partition coefficient (Wildman–Crippen LogP) is -1.35. The number of nitrogens with zero attached hydrogens (tertiary/aromatic N) is 5. The molecule has 0 aromatic carbocycles. The third kappa shape index (κ3) is 5.69. The van der Waals surface area contributed by atoms with Gasteiger partial charge in [-0.25, -0.2) is 4.28 Å². The molecule has 0 aliphatic heterocycles. The molecule has 11 nitrogen and oxygen atoms in total. The van der Waals surface area contributed by atoms with E-state index < -0.39 is 10.4 Å². The van der Waals surface area contributed by atoms with Crippen LogP contribution in [-0.2, 0) is 10.4 Å². The summed E-state index contributed by atoms with van der Waals surface area (Å²) in [6.07, 6.45) is 3.29. The normalized spacial score (nSPS) is 10.4. The fourth-order valence-corrected chi connectivity index (χ4v) is 1.88. The number of rotatable bonds is 8. The third-order valence-corrected chi connectivity index (χ3v) is 2.69. The standard InChI is InChI=1S/C11H18N6O4S.H2O/c1-5-7-16(8-6-2)10-13-9(12)17(21-22(18,19)20)11(14-10)15(3)4;/h5-6,12H,1-2,7-8H2,3-4H3,(H,18,19,20);1H2. The van der Waals surface area contributed by atoms with E-state index in [4.69, 9.17) is 10.3 Å². The van der Waals surface area contributed by atoms with E-state index in [-0.39, 0.29) is 23.3 Å². The lowest BCUT2D eigenvalue weighted by atomic mass is 10.4. The Morgan fingerprint density at radius 2 is 1.83 bits per heavy atom. The molecule has 130 valence electrons. The average Bonchev–Trinajstić information content (AvgIpc) is 2.39. The summed E-state index contributed by atoms with van der Waals surface area (Å²) in [6, 6.07) is 0. The highest BCUT2D eigenvalue weighted by Gasteiger charge is 2.27. The number of nitrogen functional groups attached to an aromatic ring is 1. The van der Waals surface area contributed by atoms with E-state index in [1.54, 1.807) is 31.1 Å². The molecular formula is C11H20N6O5S. The molecule has 0 saturated heterocycles. The van der Waals surface area contributed by atoms with Crippen LogP contribution in [0.3, 0.4) is 0 Å². The van der Waals surface area contributed by atoms with Crippen LogP contribution in [0.25, 0.3) is 0 Å². The third-order valence-electron chi connectivity index (χ3n) is 2.35. The minimum Gasteiger partial charge on any atom is -0.870 e. The van der Waals surface area contributed by atoms with Gasteiger partial charge in [-0.1, -0.05) is 22.1 Å². The second-order valence-electron chi connectivity index (χ2n) is 4.36. The first kappa shape index (κ1) is 20.6. The highest BCUT2D eigenvalue weighted by Crippen LogP contribution is 2.12. The Kier molecular flexibility index (Phi) is 7.38. The maximum Gasteiger partial charge on any atom is 0.472 e. The van der Waals surface area contributed by atoms with Crippen LogP contribution < -0.4 is 24.5 Å². The van der Waals surface area contributed by atoms with Crippen molar-refractivity contribution in [3.8, 4) is 0 Å². The molecule has 0 fully saturated rings. The minimum absolute atomic E-state index is 0. The first-order valence-corrected chi connectivity index (χ1v) is 7.47. The summed E-state index contributed by atoms with van der Waals surface area (Å²) in [5, 5.41) is 0. The maximum atomic E-state index is 10.9. The molecule has 23 heavy (non-hydrogen) atoms. The van der Waals surface area contributed by atoms with Gasteiger partial charge in [0.1, 0.15) is 0 Å². The molecule has 1 rings (SSSR count). The molecule has 0 aliphatic carbocycles. The van der Waals surface area contributed by atoms with Gasteiger partial charge >= 0.3 is 28.2 Å². The SMILES string of the molecule is C=CCN(CC=C)c1nc(N)[n+](OS(=O)(=O)O)c(N(C)C)n1.[OH-]. The summed E-state index contributed by atoms with van der Waals surface area (Å²) in [4.78, 5) is 11.3. The minimum atomic E-state index is -4.78. The maximum absolute atomic E-state index is 10.9. The predicted molar refractivity (Wildman–Crippen MR) is 83.6 cm³/mol. The van der Waals surface area contributed by atoms with E-state index in [0.29, 0.717) is 17.8 Å². The average molecular weight is 348 g/mol. The van der Waals surface area contributed by atoms with Crippen molar-refractivity contribution in [1.29, 1.82) is 0 Å². The van der Waals surface area contributed by atoms with Gasteiger partial charge in [-0.2, -0.15) is 8.42 Å². The van der Waals surface area contributed by atoms with Crippen molar-refractivity contribution in [1.82, 2.24) is 9.97 Å². The van der Waals surface area contributed by atoms with E-state index in [1.165, 1.54) is 4.90 Å². The van der Waals surface area contributed by atoms with E-state index in [2.05, 4.69) is 27.4 Å². The second kappa shape index (κ2) is 8.26. The van der Waals surface area contributed by atoms with Gasteiger partial charge in [-0.05, 0) is 4.73 Å². The van der Waals surface area contributed by atoms with Gasteiger partial charge in [0.2, 0.25) is 0 Å². The van der Waals surface area contributed by atoms with Gasteiger partial charge < -0.3 is 16.1 Å². The first-order valence-electron chi connectivity index (χ1n) is 6.10. The molecule has 0 radical (unpaired) electrons. The Hall–Kier alpha value is -2.44. The molecule has 12 heteroatoms. The molecule has 4 N–H and O–H groups in total. The Bertz CT molecular complexity index is 653. The van der Waals surface area contributed by atoms with Gasteiger partial charge in [0.15, 0.2) is 0 Å². The summed E-state index contributed by atoms with van der Waals surface area (Å²) < 4.78 is 35.6. The van der Waals surface area contributed by atoms with Crippen molar-refractivity contribution in [3.05, 3.63) is 25.3 Å². The van der Waals surface area contributed by atoms with Crippen molar-refractivity contribution < 1.29 is 27.5 Å². The van der Waals surface area contributed by atoms with Crippen LogP contribution in [-0.4, -0.2) is 55.6 Å². The summed E-state index contributed by atoms with van der Waals surface area (Å²) in [7, 11) is -1.58. The molecule has 0 saturated carbocycles. The number of aromatic nitrogens is 3. The van der Waals surface area contributed by atoms with E-state index in [0.717, 1.165) is 0 Å². The lowest BCUT2D eigenvalue weighted by molar-refractivity contribution is -0.838. The van der Waals surface area contributed by atoms with E-state index >= 15 is 0 Å². The van der Waals surface area contributed by atoms with Gasteiger partial charge in [-0.15, -0.1) is 13.2 Å². The van der Waals surface area contributed by atoms with Crippen molar-refractivity contribution in [2.75, 3.05) is 42.7 Å². The molecule has 0 aliphatic rings. The first-order chi connectivity index (χ1) is 10.2. The quantitative estimate of drug-likeness (QED) is 0.327. The molecule has 0 bridgehead atoms. The zero-order chi connectivity index (χ0) is 16.9. The molecule has 0 spiro atoms. The lowest BCUT2D eigenvalue weighted by Crippen LogP contribution is -2.53. The summed E-state index contributed by atoms with van der Waals surface area (Å²) in [6.45, 7) is 8.14. The van der Waals surface area contributed by atoms with Crippen LogP contribution >= 0.6 is 0 Å². The second-order valence-corrected chi connectivity index (χ2v) is 5.36. The van der Waals surface area contributed by atoms with Crippen molar-refractivity contribution in [2.24, 2.45) is 0 Å². The Balaban J connectivity index is 0.00000484. The fourth-order valence-electron chi connectivity index (χ4n) is 1.55. The molecule has 1 aromatic heterocycles. The number of hydrogen-bond donors (Lipinski definition) is 2. The molecule has 0 unspecified atom stereocenters. The van der Waals surface area contributed by atoms with Crippen LogP contribution in [0.15, 0.2) is 25.3 Å². The fraction of sp³-hybridized carbons (Fsp3) is 0.364. The molecule has 1 aromatic rings. The number of nitrogens with two attached hydrogens (primary N) is 1. The number of hydrogen-bond acceptors (Lipinski definition) is 9. The van der Waals surface area contributed by atoms with Gasteiger partial charge in [0, 0.05) is 27.2 Å². The molecule has 0 amide bonds. The number of anilines is 3. The highest BCUT2D eigenvalue weighted by molar-refractivity contribution is 7.80. The van der Waals surface area contributed by atoms with Crippen LogP contribution in [0, 0.1) is 0 Å². The zero-order valence-electron chi connectivity index (χ0n) is 12.8. The van der Waals surface area contributed by atoms with Crippen LogP contribution in [0.2, 0.25) is 0 Å². The monoisotopic (exact) mass is 348 g/mol. The highest BCUT2D eigenvalue weighted by atomic mass is 32.3. The molecule has 0 atom stereocenters. The van der Waals surface area contributed by atoms with Crippen LogP contribution in [0.5, 0.6) is 0 Å². The Labute approximate surface area is 134 Å². The molecular weight excluding hydrogens is 328 g/mol. The largest absolute Gasteiger partial charge is 0.870 e.